The Bertz CT molecular complexity index is 680. The summed E-state index contributed by atoms with van der Waals surface area (Å²) >= 11 is 1.38. The number of benzene rings is 1. The van der Waals surface area contributed by atoms with Crippen molar-refractivity contribution in [2.75, 3.05) is 44.6 Å². The van der Waals surface area contributed by atoms with Crippen LogP contribution in [0, 0.1) is 5.82 Å². The molecule has 1 fully saturated rings. The van der Waals surface area contributed by atoms with Crippen LogP contribution in [-0.4, -0.2) is 60.0 Å². The van der Waals surface area contributed by atoms with E-state index < -0.39 is 0 Å². The molecule has 24 heavy (non-hydrogen) atoms. The molecule has 1 aromatic carbocycles. The van der Waals surface area contributed by atoms with Crippen molar-refractivity contribution in [1.29, 1.82) is 0 Å². The van der Waals surface area contributed by atoms with Gasteiger partial charge in [-0.1, -0.05) is 6.92 Å². The quantitative estimate of drug-likeness (QED) is 0.902. The summed E-state index contributed by atoms with van der Waals surface area (Å²) in [5.41, 5.74) is 1.58. The molecule has 0 unspecified atom stereocenters. The van der Waals surface area contributed by atoms with E-state index in [1.54, 1.807) is 12.1 Å². The van der Waals surface area contributed by atoms with Crippen LogP contribution in [0.1, 0.15) is 6.92 Å². The summed E-state index contributed by atoms with van der Waals surface area (Å²) in [5, 5.41) is 5.29. The zero-order valence-corrected chi connectivity index (χ0v) is 14.5. The van der Waals surface area contributed by atoms with Crippen molar-refractivity contribution in [1.82, 2.24) is 14.8 Å². The number of likely N-dealkylation sites (N-methyl/N-ethyl adjacent to an activating group) is 1. The number of nitrogens with zero attached hydrogens (tertiary/aromatic N) is 3. The number of rotatable bonds is 5. The fourth-order valence-corrected chi connectivity index (χ4v) is 3.45. The molecular weight excluding hydrogens is 327 g/mol. The second kappa shape index (κ2) is 7.83. The molecule has 1 aliphatic heterocycles. The Kier molecular flexibility index (Phi) is 5.55. The lowest BCUT2D eigenvalue weighted by Gasteiger charge is -2.33. The van der Waals surface area contributed by atoms with Crippen LogP contribution in [0.2, 0.25) is 0 Å². The maximum absolute atomic E-state index is 13.0. The second-order valence-electron chi connectivity index (χ2n) is 5.80. The van der Waals surface area contributed by atoms with Gasteiger partial charge in [-0.25, -0.2) is 9.37 Å². The predicted molar refractivity (Wildman–Crippen MR) is 94.7 cm³/mol. The molecule has 0 radical (unpaired) electrons. The van der Waals surface area contributed by atoms with Crippen molar-refractivity contribution in [3.05, 3.63) is 35.5 Å². The van der Waals surface area contributed by atoms with Gasteiger partial charge in [0, 0.05) is 37.1 Å². The standard InChI is InChI=1S/C17H21FN4OS/c1-2-21-7-9-22(10-8-21)11-16(23)20-17-19-15(12-24-17)13-3-5-14(18)6-4-13/h3-6,12H,2,7-11H2,1H3,(H,19,20,23). The van der Waals surface area contributed by atoms with Crippen LogP contribution in [-0.2, 0) is 4.79 Å². The second-order valence-corrected chi connectivity index (χ2v) is 6.66. The monoisotopic (exact) mass is 348 g/mol. The van der Waals surface area contributed by atoms with Crippen LogP contribution < -0.4 is 5.32 Å². The van der Waals surface area contributed by atoms with Crippen molar-refractivity contribution >= 4 is 22.4 Å². The molecule has 3 rings (SSSR count). The zero-order chi connectivity index (χ0) is 16.9. The summed E-state index contributed by atoms with van der Waals surface area (Å²) in [7, 11) is 0. The molecule has 0 atom stereocenters. The van der Waals surface area contributed by atoms with Crippen LogP contribution in [0.15, 0.2) is 29.6 Å². The fraction of sp³-hybridized carbons (Fsp3) is 0.412. The highest BCUT2D eigenvalue weighted by Gasteiger charge is 2.18. The highest BCUT2D eigenvalue weighted by Crippen LogP contribution is 2.25. The first kappa shape index (κ1) is 17.0. The molecule has 128 valence electrons. The van der Waals surface area contributed by atoms with Gasteiger partial charge in [-0.2, -0.15) is 0 Å². The summed E-state index contributed by atoms with van der Waals surface area (Å²) < 4.78 is 13.0. The Morgan fingerprint density at radius 1 is 1.21 bits per heavy atom. The zero-order valence-electron chi connectivity index (χ0n) is 13.7. The summed E-state index contributed by atoms with van der Waals surface area (Å²) in [6, 6.07) is 6.18. The predicted octanol–water partition coefficient (Wildman–Crippen LogP) is 2.53. The average Bonchev–Trinajstić information content (AvgIpc) is 3.04. The average molecular weight is 348 g/mol. The lowest BCUT2D eigenvalue weighted by Crippen LogP contribution is -2.48. The smallest absolute Gasteiger partial charge is 0.240 e. The molecule has 7 heteroatoms. The van der Waals surface area contributed by atoms with Gasteiger partial charge in [0.15, 0.2) is 5.13 Å². The van der Waals surface area contributed by atoms with Crippen molar-refractivity contribution in [2.45, 2.75) is 6.92 Å². The van der Waals surface area contributed by atoms with E-state index in [0.29, 0.717) is 11.7 Å². The van der Waals surface area contributed by atoms with Crippen LogP contribution in [0.5, 0.6) is 0 Å². The van der Waals surface area contributed by atoms with Gasteiger partial charge >= 0.3 is 0 Å². The number of carbonyl (C=O) groups excluding carboxylic acids is 1. The normalized spacial score (nSPS) is 16.2. The van der Waals surface area contributed by atoms with E-state index in [0.717, 1.165) is 44.0 Å². The molecule has 2 heterocycles. The number of hydrogen-bond donors (Lipinski definition) is 1. The molecule has 0 spiro atoms. The van der Waals surface area contributed by atoms with Crippen molar-refractivity contribution < 1.29 is 9.18 Å². The molecule has 5 nitrogen and oxygen atoms in total. The Morgan fingerprint density at radius 2 is 1.88 bits per heavy atom. The number of hydrogen-bond acceptors (Lipinski definition) is 5. The van der Waals surface area contributed by atoms with Gasteiger partial charge in [-0.3, -0.25) is 9.69 Å². The molecule has 1 amide bonds. The number of anilines is 1. The number of aromatic nitrogens is 1. The summed E-state index contributed by atoms with van der Waals surface area (Å²) in [6.45, 7) is 7.46. The van der Waals surface area contributed by atoms with Crippen molar-refractivity contribution in [3.8, 4) is 11.3 Å². The van der Waals surface area contributed by atoms with E-state index in [1.807, 2.05) is 5.38 Å². The van der Waals surface area contributed by atoms with E-state index in [4.69, 9.17) is 0 Å². The van der Waals surface area contributed by atoms with Gasteiger partial charge < -0.3 is 10.2 Å². The molecule has 1 saturated heterocycles. The van der Waals surface area contributed by atoms with Gasteiger partial charge in [0.05, 0.1) is 12.2 Å². The SMILES string of the molecule is CCN1CCN(CC(=O)Nc2nc(-c3ccc(F)cc3)cs2)CC1. The highest BCUT2D eigenvalue weighted by molar-refractivity contribution is 7.14. The third-order valence-electron chi connectivity index (χ3n) is 4.17. The first-order chi connectivity index (χ1) is 11.6. The van der Waals surface area contributed by atoms with Gasteiger partial charge in [0.25, 0.3) is 0 Å². The molecule has 1 N–H and O–H groups in total. The van der Waals surface area contributed by atoms with Gasteiger partial charge in [-0.05, 0) is 30.8 Å². The first-order valence-corrected chi connectivity index (χ1v) is 8.98. The van der Waals surface area contributed by atoms with E-state index in [-0.39, 0.29) is 11.7 Å². The number of amides is 1. The van der Waals surface area contributed by atoms with Crippen LogP contribution in [0.4, 0.5) is 9.52 Å². The number of nitrogens with one attached hydrogen (secondary N) is 1. The number of halogens is 1. The minimum absolute atomic E-state index is 0.0417. The lowest BCUT2D eigenvalue weighted by molar-refractivity contribution is -0.117. The van der Waals surface area contributed by atoms with Gasteiger partial charge in [0.2, 0.25) is 5.91 Å². The largest absolute Gasteiger partial charge is 0.301 e. The minimum Gasteiger partial charge on any atom is -0.301 e. The summed E-state index contributed by atoms with van der Waals surface area (Å²) in [4.78, 5) is 21.1. The fourth-order valence-electron chi connectivity index (χ4n) is 2.71. The minimum atomic E-state index is -0.273. The van der Waals surface area contributed by atoms with Crippen molar-refractivity contribution in [3.63, 3.8) is 0 Å². The number of thiazole rings is 1. The van der Waals surface area contributed by atoms with Gasteiger partial charge in [0.1, 0.15) is 5.82 Å². The Labute approximate surface area is 145 Å². The summed E-state index contributed by atoms with van der Waals surface area (Å²) in [6.07, 6.45) is 0. The Balaban J connectivity index is 1.53. The molecule has 0 saturated carbocycles. The molecule has 0 bridgehead atoms. The number of carbonyl (C=O) groups is 1. The van der Waals surface area contributed by atoms with E-state index in [1.165, 1.54) is 23.5 Å². The van der Waals surface area contributed by atoms with E-state index in [2.05, 4.69) is 27.0 Å². The third-order valence-corrected chi connectivity index (χ3v) is 4.93. The van der Waals surface area contributed by atoms with Crippen molar-refractivity contribution in [2.24, 2.45) is 0 Å². The first-order valence-electron chi connectivity index (χ1n) is 8.10. The molecule has 0 aliphatic carbocycles. The maximum atomic E-state index is 13.0. The number of piperazine rings is 1. The van der Waals surface area contributed by atoms with Crippen LogP contribution in [0.25, 0.3) is 11.3 Å². The molecule has 1 aliphatic rings. The topological polar surface area (TPSA) is 48.5 Å². The lowest BCUT2D eigenvalue weighted by atomic mass is 10.2. The maximum Gasteiger partial charge on any atom is 0.240 e. The van der Waals surface area contributed by atoms with E-state index in [9.17, 15) is 9.18 Å². The molecule has 1 aromatic heterocycles. The molecule has 2 aromatic rings. The molecular formula is C17H21FN4OS. The van der Waals surface area contributed by atoms with Crippen LogP contribution in [0.3, 0.4) is 0 Å². The Morgan fingerprint density at radius 3 is 2.54 bits per heavy atom. The van der Waals surface area contributed by atoms with Crippen LogP contribution >= 0.6 is 11.3 Å². The van der Waals surface area contributed by atoms with E-state index >= 15 is 0 Å². The Hall–Kier alpha value is -1.83. The summed E-state index contributed by atoms with van der Waals surface area (Å²) in [5.74, 6) is -0.314. The van der Waals surface area contributed by atoms with Gasteiger partial charge in [-0.15, -0.1) is 11.3 Å². The highest BCUT2D eigenvalue weighted by atomic mass is 32.1. The third kappa shape index (κ3) is 4.37.